The molecule has 1 atom stereocenters. The largest absolute Gasteiger partial charge is 0.488 e. The number of amides is 1. The molecule has 18 heavy (non-hydrogen) atoms. The maximum atomic E-state index is 11.5. The third kappa shape index (κ3) is 1.76. The fourth-order valence-electron chi connectivity index (χ4n) is 2.79. The minimum atomic E-state index is 0.0868. The summed E-state index contributed by atoms with van der Waals surface area (Å²) in [6, 6.07) is 2.11. The van der Waals surface area contributed by atoms with Gasteiger partial charge in [-0.3, -0.25) is 16.1 Å². The van der Waals surface area contributed by atoms with Crippen molar-refractivity contribution < 1.29 is 9.53 Å². The van der Waals surface area contributed by atoms with Crippen LogP contribution in [0.4, 0.5) is 5.69 Å². The number of hydrogen-bond acceptors (Lipinski definition) is 4. The smallest absolute Gasteiger partial charge is 0.224 e. The third-order valence-electron chi connectivity index (χ3n) is 3.60. The van der Waals surface area contributed by atoms with Gasteiger partial charge in [0, 0.05) is 24.9 Å². The topological polar surface area (TPSA) is 76.4 Å². The van der Waals surface area contributed by atoms with Crippen LogP contribution in [-0.4, -0.2) is 18.6 Å². The predicted octanol–water partition coefficient (Wildman–Crippen LogP) is 0.647. The molecule has 0 fully saturated rings. The van der Waals surface area contributed by atoms with Gasteiger partial charge < -0.3 is 10.1 Å². The van der Waals surface area contributed by atoms with Gasteiger partial charge in [0.05, 0.1) is 5.69 Å². The quantitative estimate of drug-likeness (QED) is 0.529. The molecular weight excluding hydrogens is 230 g/mol. The van der Waals surface area contributed by atoms with Crippen molar-refractivity contribution in [2.75, 3.05) is 11.9 Å². The molecule has 1 aromatic rings. The zero-order valence-corrected chi connectivity index (χ0v) is 10.4. The highest BCUT2D eigenvalue weighted by atomic mass is 16.5. The molecule has 5 heteroatoms. The van der Waals surface area contributed by atoms with Crippen LogP contribution in [0.2, 0.25) is 0 Å². The molecule has 0 aromatic heterocycles. The predicted molar refractivity (Wildman–Crippen MR) is 68.4 cm³/mol. The number of fused-ring (bicyclic) bond motifs is 3. The Balaban J connectivity index is 2.00. The van der Waals surface area contributed by atoms with E-state index in [0.29, 0.717) is 13.0 Å². The lowest BCUT2D eigenvalue weighted by Crippen LogP contribution is -2.34. The maximum Gasteiger partial charge on any atom is 0.224 e. The Morgan fingerprint density at radius 1 is 1.56 bits per heavy atom. The van der Waals surface area contributed by atoms with Crippen molar-refractivity contribution >= 4 is 11.6 Å². The van der Waals surface area contributed by atoms with Gasteiger partial charge in [0.2, 0.25) is 5.91 Å². The van der Waals surface area contributed by atoms with Crippen LogP contribution < -0.4 is 21.3 Å². The summed E-state index contributed by atoms with van der Waals surface area (Å²) in [5.74, 6) is 6.38. The number of carbonyl (C=O) groups excluding carboxylic acids is 1. The van der Waals surface area contributed by atoms with Gasteiger partial charge in [-0.1, -0.05) is 6.07 Å². The van der Waals surface area contributed by atoms with E-state index in [-0.39, 0.29) is 12.0 Å². The zero-order chi connectivity index (χ0) is 12.7. The molecule has 0 spiro atoms. The van der Waals surface area contributed by atoms with E-state index in [1.54, 1.807) is 0 Å². The first-order valence-electron chi connectivity index (χ1n) is 6.24. The van der Waals surface area contributed by atoms with E-state index in [4.69, 9.17) is 10.6 Å². The van der Waals surface area contributed by atoms with E-state index in [0.717, 1.165) is 35.4 Å². The Kier molecular flexibility index (Phi) is 2.72. The molecule has 96 valence electrons. The highest BCUT2D eigenvalue weighted by molar-refractivity contribution is 5.95. The Labute approximate surface area is 106 Å². The number of anilines is 1. The van der Waals surface area contributed by atoms with Gasteiger partial charge in [0.15, 0.2) is 0 Å². The molecular formula is C13H17N3O2. The van der Waals surface area contributed by atoms with Gasteiger partial charge in [-0.25, -0.2) is 0 Å². The first-order valence-corrected chi connectivity index (χ1v) is 6.24. The molecule has 1 unspecified atom stereocenters. The highest BCUT2D eigenvalue weighted by Gasteiger charge is 2.30. The average molecular weight is 247 g/mol. The summed E-state index contributed by atoms with van der Waals surface area (Å²) in [6.45, 7) is 2.66. The lowest BCUT2D eigenvalue weighted by atomic mass is 9.94. The van der Waals surface area contributed by atoms with E-state index >= 15 is 0 Å². The monoisotopic (exact) mass is 247 g/mol. The number of aryl methyl sites for hydroxylation is 1. The SMILES string of the molecule is Cc1cc2c(c3c1NC(=O)CC3)OC(CNN)C2. The zero-order valence-electron chi connectivity index (χ0n) is 10.4. The second kappa shape index (κ2) is 4.26. The van der Waals surface area contributed by atoms with Crippen LogP contribution in [0, 0.1) is 6.92 Å². The number of ether oxygens (including phenoxy) is 1. The van der Waals surface area contributed by atoms with Crippen LogP contribution >= 0.6 is 0 Å². The van der Waals surface area contributed by atoms with Crippen molar-refractivity contribution in [2.24, 2.45) is 5.84 Å². The molecule has 1 amide bonds. The molecule has 0 saturated carbocycles. The van der Waals surface area contributed by atoms with Gasteiger partial charge in [-0.05, 0) is 24.5 Å². The van der Waals surface area contributed by atoms with E-state index in [1.165, 1.54) is 5.56 Å². The van der Waals surface area contributed by atoms with Crippen LogP contribution in [0.3, 0.4) is 0 Å². The first kappa shape index (κ1) is 11.5. The molecule has 0 bridgehead atoms. The molecule has 4 N–H and O–H groups in total. The Hall–Kier alpha value is -1.59. The number of benzene rings is 1. The number of hydrogen-bond donors (Lipinski definition) is 3. The summed E-state index contributed by atoms with van der Waals surface area (Å²) in [6.07, 6.45) is 2.26. The summed E-state index contributed by atoms with van der Waals surface area (Å²) in [4.78, 5) is 11.5. The Morgan fingerprint density at radius 3 is 3.17 bits per heavy atom. The maximum absolute atomic E-state index is 11.5. The third-order valence-corrected chi connectivity index (χ3v) is 3.60. The van der Waals surface area contributed by atoms with Crippen molar-refractivity contribution in [1.82, 2.24) is 5.43 Å². The Bertz CT molecular complexity index is 513. The minimum absolute atomic E-state index is 0.0868. The molecule has 2 aliphatic rings. The molecule has 0 saturated heterocycles. The molecule has 2 heterocycles. The number of nitrogens with two attached hydrogens (primary N) is 1. The van der Waals surface area contributed by atoms with Crippen molar-refractivity contribution in [1.29, 1.82) is 0 Å². The van der Waals surface area contributed by atoms with E-state index < -0.39 is 0 Å². The highest BCUT2D eigenvalue weighted by Crippen LogP contribution is 2.41. The fraction of sp³-hybridized carbons (Fsp3) is 0.462. The van der Waals surface area contributed by atoms with Crippen LogP contribution in [0.1, 0.15) is 23.1 Å². The number of hydrazine groups is 1. The molecule has 1 aromatic carbocycles. The summed E-state index contributed by atoms with van der Waals surface area (Å²) >= 11 is 0. The van der Waals surface area contributed by atoms with Crippen molar-refractivity contribution in [3.8, 4) is 5.75 Å². The van der Waals surface area contributed by atoms with Crippen molar-refractivity contribution in [3.05, 3.63) is 22.8 Å². The summed E-state index contributed by atoms with van der Waals surface area (Å²) in [5, 5.41) is 2.95. The van der Waals surface area contributed by atoms with Gasteiger partial charge in [-0.15, -0.1) is 0 Å². The number of nitrogens with one attached hydrogen (secondary N) is 2. The molecule has 2 aliphatic heterocycles. The van der Waals surface area contributed by atoms with Gasteiger partial charge in [-0.2, -0.15) is 0 Å². The average Bonchev–Trinajstić information content (AvgIpc) is 2.72. The van der Waals surface area contributed by atoms with Crippen LogP contribution in [0.25, 0.3) is 0 Å². The summed E-state index contributed by atoms with van der Waals surface area (Å²) in [5.41, 5.74) is 7.07. The van der Waals surface area contributed by atoms with Crippen LogP contribution in [0.5, 0.6) is 5.75 Å². The van der Waals surface area contributed by atoms with Gasteiger partial charge >= 0.3 is 0 Å². The lowest BCUT2D eigenvalue weighted by molar-refractivity contribution is -0.116. The fourth-order valence-corrected chi connectivity index (χ4v) is 2.79. The van der Waals surface area contributed by atoms with Gasteiger partial charge in [0.1, 0.15) is 11.9 Å². The van der Waals surface area contributed by atoms with Crippen LogP contribution in [-0.2, 0) is 17.6 Å². The second-order valence-corrected chi connectivity index (χ2v) is 4.94. The van der Waals surface area contributed by atoms with E-state index in [1.807, 2.05) is 6.92 Å². The van der Waals surface area contributed by atoms with Crippen LogP contribution in [0.15, 0.2) is 6.07 Å². The van der Waals surface area contributed by atoms with E-state index in [9.17, 15) is 4.79 Å². The Morgan fingerprint density at radius 2 is 2.39 bits per heavy atom. The van der Waals surface area contributed by atoms with Crippen molar-refractivity contribution in [3.63, 3.8) is 0 Å². The summed E-state index contributed by atoms with van der Waals surface area (Å²) in [7, 11) is 0. The van der Waals surface area contributed by atoms with E-state index in [2.05, 4.69) is 16.8 Å². The summed E-state index contributed by atoms with van der Waals surface area (Å²) < 4.78 is 5.94. The molecule has 0 radical (unpaired) electrons. The lowest BCUT2D eigenvalue weighted by Gasteiger charge is -2.21. The standard InChI is InChI=1S/C13H17N3O2/c1-7-4-8-5-9(6-15-14)18-13(8)10-2-3-11(17)16-12(7)10/h4,9,15H,2-3,5-6,14H2,1H3,(H,16,17). The number of rotatable bonds is 2. The molecule has 3 rings (SSSR count). The van der Waals surface area contributed by atoms with Gasteiger partial charge in [0.25, 0.3) is 0 Å². The number of carbonyl (C=O) groups is 1. The van der Waals surface area contributed by atoms with Crippen molar-refractivity contribution in [2.45, 2.75) is 32.3 Å². The first-order chi connectivity index (χ1) is 8.69. The molecule has 5 nitrogen and oxygen atoms in total. The second-order valence-electron chi connectivity index (χ2n) is 4.94. The normalized spacial score (nSPS) is 21.0. The minimum Gasteiger partial charge on any atom is -0.488 e. The molecule has 0 aliphatic carbocycles.